The van der Waals surface area contributed by atoms with Crippen LogP contribution < -0.4 is 16.8 Å². The van der Waals surface area contributed by atoms with E-state index in [4.69, 9.17) is 0 Å². The lowest BCUT2D eigenvalue weighted by atomic mass is 10.0. The molecule has 4 nitrogen and oxygen atoms in total. The maximum atomic E-state index is 12.4. The number of fused-ring (bicyclic) bond motifs is 1. The normalized spacial score (nSPS) is 11.9. The van der Waals surface area contributed by atoms with Crippen molar-refractivity contribution in [1.82, 2.24) is 16.8 Å². The van der Waals surface area contributed by atoms with Crippen LogP contribution in [-0.2, 0) is 0 Å². The summed E-state index contributed by atoms with van der Waals surface area (Å²) < 4.78 is 0. The predicted octanol–water partition coefficient (Wildman–Crippen LogP) is 4.29. The van der Waals surface area contributed by atoms with Crippen LogP contribution in [0.3, 0.4) is 0 Å². The maximum absolute atomic E-state index is 12.4. The Bertz CT molecular complexity index is 627. The second-order valence-electron chi connectivity index (χ2n) is 5.98. The van der Waals surface area contributed by atoms with Gasteiger partial charge in [0.2, 0.25) is 0 Å². The molecule has 1 atom stereocenters. The van der Waals surface area contributed by atoms with E-state index in [0.29, 0.717) is 19.1 Å². The van der Waals surface area contributed by atoms with Gasteiger partial charge in [0.25, 0.3) is 0 Å². The van der Waals surface area contributed by atoms with E-state index in [9.17, 15) is 4.79 Å². The van der Waals surface area contributed by atoms with Crippen LogP contribution in [0.2, 0.25) is 0 Å². The van der Waals surface area contributed by atoms with Crippen molar-refractivity contribution in [3.05, 3.63) is 48.0 Å². The summed E-state index contributed by atoms with van der Waals surface area (Å²) in [6.45, 7) is 6.07. The summed E-state index contributed by atoms with van der Waals surface area (Å²) in [5.74, 6) is 0.203. The van der Waals surface area contributed by atoms with E-state index in [0.717, 1.165) is 36.8 Å². The lowest BCUT2D eigenvalue weighted by molar-refractivity contribution is 0.0981. The van der Waals surface area contributed by atoms with E-state index in [1.54, 1.807) is 0 Å². The van der Waals surface area contributed by atoms with Gasteiger partial charge in [-0.1, -0.05) is 56.7 Å². The summed E-state index contributed by atoms with van der Waals surface area (Å²) in [5.41, 5.74) is 0.805. The number of rotatable bonds is 10. The van der Waals surface area contributed by atoms with Gasteiger partial charge in [-0.25, -0.2) is 0 Å². The Kier molecular flexibility index (Phi) is 9.23. The molecule has 0 aromatic heterocycles. The molecule has 2 aromatic rings. The Morgan fingerprint density at radius 2 is 1.67 bits per heavy atom. The van der Waals surface area contributed by atoms with Gasteiger partial charge in [0.1, 0.15) is 0 Å². The molecule has 0 aliphatic carbocycles. The molecule has 0 saturated heterocycles. The summed E-state index contributed by atoms with van der Waals surface area (Å²) in [6.07, 6.45) is 4.19. The maximum Gasteiger partial charge on any atom is 0.164 e. The van der Waals surface area contributed by atoms with E-state index >= 15 is 0 Å². The number of hydrogen-bond donors (Lipinski definition) is 3. The second kappa shape index (κ2) is 10.9. The first-order valence-corrected chi connectivity index (χ1v) is 8.73. The summed E-state index contributed by atoms with van der Waals surface area (Å²) in [6, 6.07) is 14.1. The number of hydrogen-bond acceptors (Lipinski definition) is 4. The Labute approximate surface area is 145 Å². The van der Waals surface area contributed by atoms with E-state index in [-0.39, 0.29) is 11.9 Å². The van der Waals surface area contributed by atoms with Crippen LogP contribution in [0.5, 0.6) is 0 Å². The zero-order valence-corrected chi connectivity index (χ0v) is 15.0. The van der Waals surface area contributed by atoms with Crippen LogP contribution in [0.1, 0.15) is 49.9 Å². The first-order chi connectivity index (χ1) is 11.2. The number of carbonyl (C=O) groups excluding carboxylic acids is 1. The molecule has 0 fully saturated rings. The Morgan fingerprint density at radius 1 is 0.958 bits per heavy atom. The van der Waals surface area contributed by atoms with Crippen molar-refractivity contribution in [2.45, 2.75) is 45.7 Å². The van der Waals surface area contributed by atoms with Crippen molar-refractivity contribution < 1.29 is 4.79 Å². The van der Waals surface area contributed by atoms with Crippen LogP contribution >= 0.6 is 0 Å². The van der Waals surface area contributed by atoms with E-state index in [1.165, 1.54) is 5.39 Å². The van der Waals surface area contributed by atoms with Crippen molar-refractivity contribution in [2.24, 2.45) is 0 Å². The highest BCUT2D eigenvalue weighted by atomic mass is 16.1. The van der Waals surface area contributed by atoms with Gasteiger partial charge in [-0.05, 0) is 36.2 Å². The molecule has 0 aliphatic rings. The molecule has 24 heavy (non-hydrogen) atoms. The van der Waals surface area contributed by atoms with Crippen LogP contribution in [0.25, 0.3) is 10.8 Å². The Hall–Kier alpha value is -1.75. The molecule has 2 aromatic carbocycles. The molecule has 4 heteroatoms. The smallest absolute Gasteiger partial charge is 0.164 e. The lowest BCUT2D eigenvalue weighted by Gasteiger charge is -2.19. The molecule has 2 rings (SSSR count). The van der Waals surface area contributed by atoms with E-state index in [1.807, 2.05) is 30.3 Å². The van der Waals surface area contributed by atoms with Gasteiger partial charge in [0.15, 0.2) is 5.78 Å². The molecule has 0 radical (unpaired) electrons. The fraction of sp³-hybridized carbons (Fsp3) is 0.450. The van der Waals surface area contributed by atoms with Gasteiger partial charge >= 0.3 is 0 Å². The third-order valence-corrected chi connectivity index (χ3v) is 4.03. The standard InChI is InChI=1S/C20H28N2O.H3N/c1-3-7-20(21-13-4-2)22-14-12-19(23)18-11-10-16-8-5-6-9-17(16)15-18;/h5-6,8-11,15,20-22H,3-4,7,12-14H2,1-2H3;1H3. The number of Topliss-reactive ketones (excluding diaryl/α,β-unsaturated/α-hetero) is 1. The van der Waals surface area contributed by atoms with Gasteiger partial charge in [0, 0.05) is 18.5 Å². The number of benzene rings is 2. The zero-order chi connectivity index (χ0) is 16.5. The lowest BCUT2D eigenvalue weighted by Crippen LogP contribution is -2.43. The zero-order valence-electron chi connectivity index (χ0n) is 15.0. The van der Waals surface area contributed by atoms with Crippen molar-refractivity contribution in [1.29, 1.82) is 0 Å². The third-order valence-electron chi connectivity index (χ3n) is 4.03. The highest BCUT2D eigenvalue weighted by Crippen LogP contribution is 2.16. The summed E-state index contributed by atoms with van der Waals surface area (Å²) >= 11 is 0. The number of carbonyl (C=O) groups is 1. The van der Waals surface area contributed by atoms with E-state index in [2.05, 4.69) is 36.6 Å². The third kappa shape index (κ3) is 6.04. The van der Waals surface area contributed by atoms with Crippen molar-refractivity contribution in [3.63, 3.8) is 0 Å². The second-order valence-corrected chi connectivity index (χ2v) is 5.98. The first-order valence-electron chi connectivity index (χ1n) is 8.73. The Morgan fingerprint density at radius 3 is 2.38 bits per heavy atom. The molecule has 1 unspecified atom stereocenters. The molecule has 0 spiro atoms. The molecular formula is C20H31N3O. The highest BCUT2D eigenvalue weighted by molar-refractivity contribution is 6.00. The van der Waals surface area contributed by atoms with Crippen molar-refractivity contribution in [3.8, 4) is 0 Å². The molecule has 0 saturated carbocycles. The van der Waals surface area contributed by atoms with Crippen LogP contribution in [-0.4, -0.2) is 25.0 Å². The first kappa shape index (κ1) is 20.3. The van der Waals surface area contributed by atoms with Gasteiger partial charge in [0.05, 0.1) is 6.17 Å². The van der Waals surface area contributed by atoms with Gasteiger partial charge in [-0.2, -0.15) is 0 Å². The molecule has 5 N–H and O–H groups in total. The minimum absolute atomic E-state index is 0. The minimum atomic E-state index is 0. The van der Waals surface area contributed by atoms with Crippen LogP contribution in [0.4, 0.5) is 0 Å². The highest BCUT2D eigenvalue weighted by Gasteiger charge is 2.09. The largest absolute Gasteiger partial charge is 0.344 e. The molecular weight excluding hydrogens is 298 g/mol. The number of ketones is 1. The fourth-order valence-corrected chi connectivity index (χ4v) is 2.75. The average molecular weight is 329 g/mol. The molecule has 132 valence electrons. The fourth-order valence-electron chi connectivity index (χ4n) is 2.75. The van der Waals surface area contributed by atoms with Gasteiger partial charge < -0.3 is 16.8 Å². The molecule has 0 heterocycles. The van der Waals surface area contributed by atoms with E-state index < -0.39 is 0 Å². The summed E-state index contributed by atoms with van der Waals surface area (Å²) in [7, 11) is 0. The number of nitrogens with one attached hydrogen (secondary N) is 2. The van der Waals surface area contributed by atoms with Crippen molar-refractivity contribution in [2.75, 3.05) is 13.1 Å². The summed E-state index contributed by atoms with van der Waals surface area (Å²) in [5, 5.41) is 9.25. The molecule has 0 aliphatic heterocycles. The predicted molar refractivity (Wildman–Crippen MR) is 103 cm³/mol. The molecule has 0 amide bonds. The van der Waals surface area contributed by atoms with Gasteiger partial charge in [-0.3, -0.25) is 4.79 Å². The quantitative estimate of drug-likeness (QED) is 0.449. The van der Waals surface area contributed by atoms with Crippen LogP contribution in [0, 0.1) is 0 Å². The average Bonchev–Trinajstić information content (AvgIpc) is 2.59. The SMILES string of the molecule is CCCNC(CCC)NCCC(=O)c1ccc2ccccc2c1.N. The van der Waals surface area contributed by atoms with Crippen molar-refractivity contribution >= 4 is 16.6 Å². The topological polar surface area (TPSA) is 76.1 Å². The monoisotopic (exact) mass is 329 g/mol. The Balaban J connectivity index is 0.00000288. The summed E-state index contributed by atoms with van der Waals surface area (Å²) in [4.78, 5) is 12.4. The van der Waals surface area contributed by atoms with Gasteiger partial charge in [-0.15, -0.1) is 0 Å². The minimum Gasteiger partial charge on any atom is -0.344 e. The molecule has 0 bridgehead atoms. The van der Waals surface area contributed by atoms with Crippen LogP contribution in [0.15, 0.2) is 42.5 Å².